The average Bonchev–Trinajstić information content (AvgIpc) is 2.59. The summed E-state index contributed by atoms with van der Waals surface area (Å²) in [7, 11) is 0. The maximum atomic E-state index is 13.5. The molecule has 0 amide bonds. The number of ether oxygens (including phenoxy) is 1. The van der Waals surface area contributed by atoms with Crippen molar-refractivity contribution in [3.63, 3.8) is 0 Å². The van der Waals surface area contributed by atoms with Crippen LogP contribution in [0.1, 0.15) is 57.9 Å². The molecule has 0 spiro atoms. The van der Waals surface area contributed by atoms with Gasteiger partial charge in [-0.05, 0) is 55.7 Å². The van der Waals surface area contributed by atoms with Crippen molar-refractivity contribution in [2.24, 2.45) is 17.8 Å². The summed E-state index contributed by atoms with van der Waals surface area (Å²) in [6, 6.07) is 1.96. The summed E-state index contributed by atoms with van der Waals surface area (Å²) < 4.78 is 45.3. The smallest absolute Gasteiger partial charge is 0.309 e. The maximum Gasteiger partial charge on any atom is 0.309 e. The van der Waals surface area contributed by atoms with E-state index >= 15 is 0 Å². The molecule has 1 aliphatic rings. The van der Waals surface area contributed by atoms with Gasteiger partial charge in [-0.25, -0.2) is 13.2 Å². The zero-order valence-corrected chi connectivity index (χ0v) is 15.0. The molecular formula is C20H27F3O2. The molecule has 140 valence electrons. The molecule has 1 atom stereocenters. The summed E-state index contributed by atoms with van der Waals surface area (Å²) >= 11 is 0. The number of benzene rings is 1. The van der Waals surface area contributed by atoms with Gasteiger partial charge in [0.25, 0.3) is 0 Å². The zero-order valence-electron chi connectivity index (χ0n) is 15.0. The lowest BCUT2D eigenvalue weighted by molar-refractivity contribution is -0.150. The minimum absolute atomic E-state index is 0.142. The molecule has 25 heavy (non-hydrogen) atoms. The van der Waals surface area contributed by atoms with Crippen LogP contribution in [-0.4, -0.2) is 12.6 Å². The fourth-order valence-electron chi connectivity index (χ4n) is 3.96. The summed E-state index contributed by atoms with van der Waals surface area (Å²) in [5.41, 5.74) is 0.296. The Labute approximate surface area is 147 Å². The van der Waals surface area contributed by atoms with E-state index in [2.05, 4.69) is 6.92 Å². The van der Waals surface area contributed by atoms with Gasteiger partial charge in [0.1, 0.15) is 0 Å². The van der Waals surface area contributed by atoms with Gasteiger partial charge in [0.15, 0.2) is 17.5 Å². The van der Waals surface area contributed by atoms with Gasteiger partial charge in [0.2, 0.25) is 0 Å². The van der Waals surface area contributed by atoms with E-state index < -0.39 is 23.4 Å². The molecule has 5 heteroatoms. The van der Waals surface area contributed by atoms with Gasteiger partial charge in [0.05, 0.1) is 12.5 Å². The predicted molar refractivity (Wildman–Crippen MR) is 90.5 cm³/mol. The second-order valence-electron chi connectivity index (χ2n) is 7.01. The van der Waals surface area contributed by atoms with E-state index in [4.69, 9.17) is 4.74 Å². The number of halogens is 3. The Morgan fingerprint density at radius 2 is 1.72 bits per heavy atom. The van der Waals surface area contributed by atoms with E-state index in [0.29, 0.717) is 11.5 Å². The van der Waals surface area contributed by atoms with E-state index in [1.807, 2.05) is 0 Å². The zero-order chi connectivity index (χ0) is 18.4. The van der Waals surface area contributed by atoms with Crippen molar-refractivity contribution in [2.75, 3.05) is 6.61 Å². The summed E-state index contributed by atoms with van der Waals surface area (Å²) in [5, 5.41) is 0. The Balaban J connectivity index is 2.13. The predicted octanol–water partition coefficient (Wildman–Crippen LogP) is 5.43. The summed E-state index contributed by atoms with van der Waals surface area (Å²) in [4.78, 5) is 12.4. The minimum atomic E-state index is -1.48. The molecule has 1 saturated carbocycles. The molecule has 2 nitrogen and oxygen atoms in total. The molecule has 1 aromatic rings. The van der Waals surface area contributed by atoms with Gasteiger partial charge in [-0.1, -0.05) is 32.6 Å². The van der Waals surface area contributed by atoms with E-state index in [1.54, 1.807) is 6.92 Å². The van der Waals surface area contributed by atoms with Crippen LogP contribution in [-0.2, 0) is 16.0 Å². The second kappa shape index (κ2) is 9.25. The van der Waals surface area contributed by atoms with Gasteiger partial charge in [-0.2, -0.15) is 0 Å². The Bertz CT molecular complexity index is 557. The molecule has 1 unspecified atom stereocenters. The van der Waals surface area contributed by atoms with Crippen molar-refractivity contribution in [3.8, 4) is 0 Å². The molecule has 0 aromatic heterocycles. The Kier molecular flexibility index (Phi) is 7.33. The normalized spacial score (nSPS) is 21.8. The monoisotopic (exact) mass is 356 g/mol. The van der Waals surface area contributed by atoms with Crippen molar-refractivity contribution >= 4 is 5.97 Å². The van der Waals surface area contributed by atoms with E-state index in [1.165, 1.54) is 6.42 Å². The molecule has 0 bridgehead atoms. The molecule has 1 fully saturated rings. The third-order valence-corrected chi connectivity index (χ3v) is 5.25. The first-order chi connectivity index (χ1) is 12.0. The van der Waals surface area contributed by atoms with Crippen LogP contribution in [0.2, 0.25) is 0 Å². The first-order valence-electron chi connectivity index (χ1n) is 9.26. The van der Waals surface area contributed by atoms with Crippen LogP contribution in [0.5, 0.6) is 0 Å². The number of rotatable bonds is 7. The summed E-state index contributed by atoms with van der Waals surface area (Å²) in [6.45, 7) is 4.18. The highest BCUT2D eigenvalue weighted by molar-refractivity contribution is 5.73. The third kappa shape index (κ3) is 5.23. The lowest BCUT2D eigenvalue weighted by atomic mass is 9.73. The van der Waals surface area contributed by atoms with Crippen molar-refractivity contribution < 1.29 is 22.7 Å². The van der Waals surface area contributed by atoms with Crippen molar-refractivity contribution in [1.29, 1.82) is 0 Å². The number of esters is 1. The first-order valence-corrected chi connectivity index (χ1v) is 9.26. The second-order valence-corrected chi connectivity index (χ2v) is 7.01. The van der Waals surface area contributed by atoms with Crippen molar-refractivity contribution in [2.45, 2.75) is 58.8 Å². The molecule has 1 aliphatic carbocycles. The van der Waals surface area contributed by atoms with E-state index in [9.17, 15) is 18.0 Å². The first kappa shape index (κ1) is 19.8. The average molecular weight is 356 g/mol. The number of hydrogen-bond donors (Lipinski definition) is 0. The van der Waals surface area contributed by atoms with Gasteiger partial charge in [-0.15, -0.1) is 0 Å². The lowest BCUT2D eigenvalue weighted by Crippen LogP contribution is -2.31. The largest absolute Gasteiger partial charge is 0.466 e. The fraction of sp³-hybridized carbons (Fsp3) is 0.650. The number of carbonyl (C=O) groups is 1. The maximum absolute atomic E-state index is 13.5. The molecule has 0 saturated heterocycles. The van der Waals surface area contributed by atoms with E-state index in [-0.39, 0.29) is 24.9 Å². The van der Waals surface area contributed by atoms with Crippen LogP contribution in [0.4, 0.5) is 13.2 Å². The highest BCUT2D eigenvalue weighted by atomic mass is 19.2. The van der Waals surface area contributed by atoms with Gasteiger partial charge < -0.3 is 4.74 Å². The molecule has 2 rings (SSSR count). The van der Waals surface area contributed by atoms with Crippen molar-refractivity contribution in [3.05, 3.63) is 35.1 Å². The minimum Gasteiger partial charge on any atom is -0.466 e. The van der Waals surface area contributed by atoms with Crippen LogP contribution in [0.3, 0.4) is 0 Å². The highest BCUT2D eigenvalue weighted by Crippen LogP contribution is 2.37. The number of carbonyl (C=O) groups excluding carboxylic acids is 1. The topological polar surface area (TPSA) is 26.3 Å². The van der Waals surface area contributed by atoms with Crippen LogP contribution in [0.25, 0.3) is 0 Å². The molecule has 0 heterocycles. The van der Waals surface area contributed by atoms with Gasteiger partial charge in [-0.3, -0.25) is 4.79 Å². The van der Waals surface area contributed by atoms with Gasteiger partial charge in [0, 0.05) is 0 Å². The quantitative estimate of drug-likeness (QED) is 0.481. The summed E-state index contributed by atoms with van der Waals surface area (Å²) in [5.74, 6) is -3.84. The Morgan fingerprint density at radius 1 is 1.12 bits per heavy atom. The van der Waals surface area contributed by atoms with Crippen LogP contribution in [0.15, 0.2) is 12.1 Å². The standard InChI is InChI=1S/C20H27F3O2/c1-3-5-13-6-8-15(9-7-13)16(20(24)25-4-2)10-14-11-17(21)19(23)18(22)12-14/h11-13,15-16H,3-10H2,1-2H3. The fourth-order valence-corrected chi connectivity index (χ4v) is 3.96. The third-order valence-electron chi connectivity index (χ3n) is 5.25. The Morgan fingerprint density at radius 3 is 2.24 bits per heavy atom. The van der Waals surface area contributed by atoms with Crippen molar-refractivity contribution in [1.82, 2.24) is 0 Å². The SMILES string of the molecule is CCCC1CCC(C(Cc2cc(F)c(F)c(F)c2)C(=O)OCC)CC1. The van der Waals surface area contributed by atoms with Crippen LogP contribution < -0.4 is 0 Å². The molecule has 0 aliphatic heterocycles. The molecule has 0 N–H and O–H groups in total. The highest BCUT2D eigenvalue weighted by Gasteiger charge is 2.33. The van der Waals surface area contributed by atoms with Crippen LogP contribution in [0, 0.1) is 35.2 Å². The number of hydrogen-bond acceptors (Lipinski definition) is 2. The van der Waals surface area contributed by atoms with Crippen LogP contribution >= 0.6 is 0 Å². The Hall–Kier alpha value is -1.52. The van der Waals surface area contributed by atoms with Gasteiger partial charge >= 0.3 is 5.97 Å². The summed E-state index contributed by atoms with van der Waals surface area (Å²) in [6.07, 6.45) is 6.51. The molecular weight excluding hydrogens is 329 g/mol. The molecule has 1 aromatic carbocycles. The lowest BCUT2D eigenvalue weighted by Gasteiger charge is -2.33. The van der Waals surface area contributed by atoms with E-state index in [0.717, 1.165) is 44.2 Å². The molecule has 0 radical (unpaired) electrons.